The van der Waals surface area contributed by atoms with Crippen LogP contribution < -0.4 is 0 Å². The number of carbonyl (C=O) groups excluding carboxylic acids is 1. The maximum Gasteiger partial charge on any atom is 0.302 e. The number of nitrogens with zero attached hydrogens (tertiary/aromatic N) is 2. The van der Waals surface area contributed by atoms with Crippen molar-refractivity contribution >= 4 is 11.7 Å². The van der Waals surface area contributed by atoms with Crippen molar-refractivity contribution in [3.63, 3.8) is 0 Å². The van der Waals surface area contributed by atoms with E-state index in [1.165, 1.54) is 44.0 Å². The number of ether oxygens (including phenoxy) is 1. The van der Waals surface area contributed by atoms with E-state index < -0.39 is 0 Å². The van der Waals surface area contributed by atoms with Gasteiger partial charge in [-0.25, -0.2) is 4.98 Å². The lowest BCUT2D eigenvalue weighted by Crippen LogP contribution is -2.50. The average Bonchev–Trinajstić information content (AvgIpc) is 3.32. The van der Waals surface area contributed by atoms with Crippen LogP contribution in [0.15, 0.2) is 30.2 Å². The predicted octanol–water partition coefficient (Wildman–Crippen LogP) is 6.35. The van der Waals surface area contributed by atoms with Crippen LogP contribution in [0.25, 0.3) is 5.70 Å². The third-order valence-electron chi connectivity index (χ3n) is 9.40. The summed E-state index contributed by atoms with van der Waals surface area (Å²) in [6, 6.07) is 0. The van der Waals surface area contributed by atoms with Gasteiger partial charge in [-0.2, -0.15) is 0 Å². The van der Waals surface area contributed by atoms with Gasteiger partial charge < -0.3 is 9.30 Å². The van der Waals surface area contributed by atoms with Gasteiger partial charge in [0.15, 0.2) is 0 Å². The highest BCUT2D eigenvalue weighted by atomic mass is 16.5. The Labute approximate surface area is 187 Å². The molecule has 1 aromatic rings. The van der Waals surface area contributed by atoms with Gasteiger partial charge in [-0.1, -0.05) is 45.4 Å². The number of fused-ring (bicyclic) bond motifs is 5. The Balaban J connectivity index is 1.39. The molecule has 168 valence electrons. The topological polar surface area (TPSA) is 44.1 Å². The molecule has 0 bridgehead atoms. The molecule has 31 heavy (non-hydrogen) atoms. The minimum absolute atomic E-state index is 0.0818. The molecule has 0 saturated heterocycles. The van der Waals surface area contributed by atoms with Crippen LogP contribution in [-0.2, 0) is 9.53 Å². The Morgan fingerprint density at radius 1 is 1.13 bits per heavy atom. The number of allylic oxidation sites excluding steroid dienone is 3. The molecular formula is C27H38N2O2. The zero-order valence-electron chi connectivity index (χ0n) is 19.9. The minimum Gasteiger partial charge on any atom is -0.462 e. The Bertz CT molecular complexity index is 941. The smallest absolute Gasteiger partial charge is 0.302 e. The van der Waals surface area contributed by atoms with Crippen LogP contribution in [0, 0.1) is 28.6 Å². The molecular weight excluding hydrogens is 384 g/mol. The molecule has 0 N–H and O–H groups in total. The number of imidazole rings is 1. The van der Waals surface area contributed by atoms with Gasteiger partial charge in [0, 0.05) is 30.7 Å². The van der Waals surface area contributed by atoms with Gasteiger partial charge >= 0.3 is 5.97 Å². The minimum atomic E-state index is -0.138. The molecule has 0 radical (unpaired) electrons. The number of hydrogen-bond donors (Lipinski definition) is 0. The fourth-order valence-electron chi connectivity index (χ4n) is 7.68. The average molecular weight is 423 g/mol. The number of hydrogen-bond acceptors (Lipinski definition) is 3. The normalized spacial score (nSPS) is 39.3. The van der Waals surface area contributed by atoms with E-state index in [9.17, 15) is 4.79 Å². The second kappa shape index (κ2) is 7.35. The number of aromatic nitrogens is 2. The highest BCUT2D eigenvalue weighted by Crippen LogP contribution is 2.65. The number of esters is 1. The third kappa shape index (κ3) is 3.24. The second-order valence-electron chi connectivity index (χ2n) is 11.4. The van der Waals surface area contributed by atoms with Crippen molar-refractivity contribution in [2.24, 2.45) is 28.6 Å². The summed E-state index contributed by atoms with van der Waals surface area (Å²) in [6.07, 6.45) is 17.5. The summed E-state index contributed by atoms with van der Waals surface area (Å²) in [5.74, 6) is 2.55. The van der Waals surface area contributed by atoms with Crippen molar-refractivity contribution in [1.82, 2.24) is 9.55 Å². The van der Waals surface area contributed by atoms with Crippen molar-refractivity contribution in [2.75, 3.05) is 0 Å². The number of carbonyl (C=O) groups is 1. The molecule has 0 aromatic carbocycles. The van der Waals surface area contributed by atoms with E-state index in [1.807, 2.05) is 6.33 Å². The largest absolute Gasteiger partial charge is 0.462 e. The van der Waals surface area contributed by atoms with Crippen LogP contribution in [0.5, 0.6) is 0 Å². The fraction of sp³-hybridized carbons (Fsp3) is 0.704. The molecule has 4 aliphatic carbocycles. The van der Waals surface area contributed by atoms with Crippen LogP contribution in [0.2, 0.25) is 0 Å². The van der Waals surface area contributed by atoms with E-state index in [-0.39, 0.29) is 22.9 Å². The summed E-state index contributed by atoms with van der Waals surface area (Å²) >= 11 is 0. The Morgan fingerprint density at radius 2 is 1.90 bits per heavy atom. The first-order valence-electron chi connectivity index (χ1n) is 12.3. The predicted molar refractivity (Wildman–Crippen MR) is 123 cm³/mol. The first-order chi connectivity index (χ1) is 14.7. The Kier molecular flexibility index (Phi) is 4.99. The van der Waals surface area contributed by atoms with E-state index in [1.54, 1.807) is 5.57 Å². The van der Waals surface area contributed by atoms with Crippen LogP contribution in [0.4, 0.5) is 0 Å². The lowest BCUT2D eigenvalue weighted by Gasteiger charge is -2.57. The SMILES string of the molecule is CC(=O)O[C@H]1CC[C@@]2(C)C(=CCC3C2CC[C@]2(C)C(n4cnc(C(C)C)c4)=CCC32)C1. The maximum absolute atomic E-state index is 11.5. The first kappa shape index (κ1) is 21.0. The summed E-state index contributed by atoms with van der Waals surface area (Å²) in [5.41, 5.74) is 4.76. The van der Waals surface area contributed by atoms with Crippen molar-refractivity contribution in [3.05, 3.63) is 35.9 Å². The summed E-state index contributed by atoms with van der Waals surface area (Å²) < 4.78 is 7.92. The Hall–Kier alpha value is -1.84. The van der Waals surface area contributed by atoms with Crippen LogP contribution in [0.3, 0.4) is 0 Å². The van der Waals surface area contributed by atoms with E-state index in [2.05, 4.69) is 55.6 Å². The van der Waals surface area contributed by atoms with Gasteiger partial charge in [-0.05, 0) is 67.6 Å². The number of rotatable bonds is 3. The molecule has 4 nitrogen and oxygen atoms in total. The first-order valence-corrected chi connectivity index (χ1v) is 12.3. The summed E-state index contributed by atoms with van der Waals surface area (Å²) in [6.45, 7) is 11.0. The molecule has 0 spiro atoms. The highest BCUT2D eigenvalue weighted by molar-refractivity contribution is 5.66. The van der Waals surface area contributed by atoms with Crippen molar-refractivity contribution < 1.29 is 9.53 Å². The van der Waals surface area contributed by atoms with Crippen molar-refractivity contribution in [1.29, 1.82) is 0 Å². The summed E-state index contributed by atoms with van der Waals surface area (Å²) in [4.78, 5) is 16.2. The zero-order chi connectivity index (χ0) is 22.0. The molecule has 5 rings (SSSR count). The van der Waals surface area contributed by atoms with Crippen LogP contribution >= 0.6 is 0 Å². The molecule has 4 heteroatoms. The van der Waals surface area contributed by atoms with Crippen molar-refractivity contribution in [3.8, 4) is 0 Å². The van der Waals surface area contributed by atoms with E-state index in [0.717, 1.165) is 31.1 Å². The van der Waals surface area contributed by atoms with Gasteiger partial charge in [-0.3, -0.25) is 4.79 Å². The zero-order valence-corrected chi connectivity index (χ0v) is 19.9. The summed E-state index contributed by atoms with van der Waals surface area (Å²) in [7, 11) is 0. The molecule has 0 aliphatic heterocycles. The summed E-state index contributed by atoms with van der Waals surface area (Å²) in [5, 5.41) is 0. The molecule has 2 saturated carbocycles. The lowest BCUT2D eigenvalue weighted by molar-refractivity contribution is -0.148. The van der Waals surface area contributed by atoms with Crippen LogP contribution in [0.1, 0.15) is 91.2 Å². The van der Waals surface area contributed by atoms with E-state index in [4.69, 9.17) is 4.74 Å². The molecule has 3 unspecified atom stereocenters. The monoisotopic (exact) mass is 422 g/mol. The fourth-order valence-corrected chi connectivity index (χ4v) is 7.68. The van der Waals surface area contributed by atoms with Gasteiger partial charge in [0.2, 0.25) is 0 Å². The Morgan fingerprint density at radius 3 is 2.61 bits per heavy atom. The van der Waals surface area contributed by atoms with Crippen molar-refractivity contribution in [2.45, 2.75) is 91.6 Å². The highest BCUT2D eigenvalue weighted by Gasteiger charge is 2.57. The third-order valence-corrected chi connectivity index (χ3v) is 9.40. The van der Waals surface area contributed by atoms with Crippen LogP contribution in [-0.4, -0.2) is 21.6 Å². The van der Waals surface area contributed by atoms with Gasteiger partial charge in [-0.15, -0.1) is 0 Å². The van der Waals surface area contributed by atoms with Gasteiger partial charge in [0.25, 0.3) is 0 Å². The van der Waals surface area contributed by atoms with E-state index >= 15 is 0 Å². The standard InChI is InChI=1S/C27H38N2O2/c1-17(2)24-15-29(16-28-24)25-9-8-22-21-7-6-19-14-20(31-18(3)30)10-12-26(19,4)23(21)11-13-27(22,25)5/h6,9,15-17,20-23H,7-8,10-14H2,1-5H3/t20-,21?,22?,23?,26-,27-/m0/s1. The molecule has 4 aliphatic rings. The lowest BCUT2D eigenvalue weighted by atomic mass is 9.48. The van der Waals surface area contributed by atoms with Gasteiger partial charge in [0.1, 0.15) is 6.10 Å². The van der Waals surface area contributed by atoms with Gasteiger partial charge in [0.05, 0.1) is 12.0 Å². The molecule has 1 heterocycles. The second-order valence-corrected chi connectivity index (χ2v) is 11.4. The van der Waals surface area contributed by atoms with E-state index in [0.29, 0.717) is 11.8 Å². The maximum atomic E-state index is 11.5. The molecule has 0 amide bonds. The quantitative estimate of drug-likeness (QED) is 0.421. The molecule has 2 fully saturated rings. The molecule has 1 aromatic heterocycles. The molecule has 6 atom stereocenters.